The molecule has 13 heavy (non-hydrogen) atoms. The van der Waals surface area contributed by atoms with Gasteiger partial charge in [0.25, 0.3) is 0 Å². The highest BCUT2D eigenvalue weighted by Crippen LogP contribution is 2.15. The van der Waals surface area contributed by atoms with Crippen LogP contribution in [0.5, 0.6) is 0 Å². The van der Waals surface area contributed by atoms with Gasteiger partial charge in [0.2, 0.25) is 0 Å². The molecule has 0 aliphatic carbocycles. The van der Waals surface area contributed by atoms with Gasteiger partial charge < -0.3 is 9.90 Å². The molecule has 0 spiro atoms. The first-order valence-corrected chi connectivity index (χ1v) is 4.80. The molecule has 0 aliphatic rings. The summed E-state index contributed by atoms with van der Waals surface area (Å²) in [5.41, 5.74) is 0. The minimum atomic E-state index is -0.769. The van der Waals surface area contributed by atoms with Gasteiger partial charge in [-0.1, -0.05) is 19.8 Å². The zero-order valence-electron chi connectivity index (χ0n) is 8.38. The maximum atomic E-state index is 10.7. The molecule has 0 saturated heterocycles. The fourth-order valence-electron chi connectivity index (χ4n) is 1.22. The Morgan fingerprint density at radius 1 is 1.31 bits per heavy atom. The van der Waals surface area contributed by atoms with E-state index < -0.39 is 5.97 Å². The Hall–Kier alpha value is -0.860. The molecule has 0 amide bonds. The SMILES string of the molecule is CCCC[C@@H](CCC(C)=O)C(=O)O. The number of carbonyl (C=O) groups is 2. The second-order valence-corrected chi connectivity index (χ2v) is 3.42. The van der Waals surface area contributed by atoms with Gasteiger partial charge in [-0.2, -0.15) is 0 Å². The summed E-state index contributed by atoms with van der Waals surface area (Å²) in [5.74, 6) is -1.03. The Balaban J connectivity index is 3.80. The molecular weight excluding hydrogens is 168 g/mol. The minimum absolute atomic E-state index is 0.0720. The quantitative estimate of drug-likeness (QED) is 0.663. The summed E-state index contributed by atoms with van der Waals surface area (Å²) in [6.07, 6.45) is 3.50. The number of carboxylic acids is 1. The first kappa shape index (κ1) is 12.1. The average molecular weight is 186 g/mol. The third-order valence-electron chi connectivity index (χ3n) is 2.10. The van der Waals surface area contributed by atoms with Gasteiger partial charge in [-0.15, -0.1) is 0 Å². The highest BCUT2D eigenvalue weighted by Gasteiger charge is 2.16. The number of Topliss-reactive ketones (excluding diaryl/α,β-unsaturated/α-hetero) is 1. The highest BCUT2D eigenvalue weighted by atomic mass is 16.4. The van der Waals surface area contributed by atoms with E-state index in [1.807, 2.05) is 6.92 Å². The molecule has 0 aromatic rings. The number of hydrogen-bond acceptors (Lipinski definition) is 2. The largest absolute Gasteiger partial charge is 0.481 e. The Morgan fingerprint density at radius 3 is 2.31 bits per heavy atom. The van der Waals surface area contributed by atoms with E-state index >= 15 is 0 Å². The lowest BCUT2D eigenvalue weighted by molar-refractivity contribution is -0.142. The number of ketones is 1. The number of rotatable bonds is 7. The summed E-state index contributed by atoms with van der Waals surface area (Å²) in [5, 5.41) is 8.80. The van der Waals surface area contributed by atoms with Crippen molar-refractivity contribution in [1.29, 1.82) is 0 Å². The van der Waals surface area contributed by atoms with Crippen LogP contribution in [0.2, 0.25) is 0 Å². The van der Waals surface area contributed by atoms with Gasteiger partial charge in [-0.3, -0.25) is 4.79 Å². The van der Waals surface area contributed by atoms with Crippen molar-refractivity contribution in [2.75, 3.05) is 0 Å². The van der Waals surface area contributed by atoms with Crippen molar-refractivity contribution in [3.8, 4) is 0 Å². The Morgan fingerprint density at radius 2 is 1.92 bits per heavy atom. The van der Waals surface area contributed by atoms with Crippen LogP contribution in [-0.4, -0.2) is 16.9 Å². The Labute approximate surface area is 79.1 Å². The van der Waals surface area contributed by atoms with E-state index in [9.17, 15) is 9.59 Å². The monoisotopic (exact) mass is 186 g/mol. The molecule has 0 radical (unpaired) electrons. The molecule has 0 heterocycles. The maximum Gasteiger partial charge on any atom is 0.306 e. The number of carboxylic acid groups (broad SMARTS) is 1. The Bertz CT molecular complexity index is 175. The molecule has 0 aliphatic heterocycles. The van der Waals surface area contributed by atoms with Crippen LogP contribution in [0.25, 0.3) is 0 Å². The van der Waals surface area contributed by atoms with Crippen LogP contribution >= 0.6 is 0 Å². The molecule has 1 N–H and O–H groups in total. The van der Waals surface area contributed by atoms with E-state index in [4.69, 9.17) is 5.11 Å². The molecule has 1 atom stereocenters. The highest BCUT2D eigenvalue weighted by molar-refractivity contribution is 5.76. The lowest BCUT2D eigenvalue weighted by Crippen LogP contribution is -2.14. The van der Waals surface area contributed by atoms with Crippen LogP contribution < -0.4 is 0 Å². The molecule has 3 nitrogen and oxygen atoms in total. The summed E-state index contributed by atoms with van der Waals surface area (Å²) in [7, 11) is 0. The van der Waals surface area contributed by atoms with E-state index in [-0.39, 0.29) is 11.7 Å². The summed E-state index contributed by atoms with van der Waals surface area (Å²) in [6.45, 7) is 3.53. The Kier molecular flexibility index (Phi) is 6.20. The zero-order chi connectivity index (χ0) is 10.3. The molecule has 76 valence electrons. The van der Waals surface area contributed by atoms with Crippen molar-refractivity contribution in [1.82, 2.24) is 0 Å². The van der Waals surface area contributed by atoms with Crippen LogP contribution in [0.15, 0.2) is 0 Å². The van der Waals surface area contributed by atoms with Crippen LogP contribution in [0, 0.1) is 5.92 Å². The standard InChI is InChI=1S/C10H18O3/c1-3-4-5-9(10(12)13)7-6-8(2)11/h9H,3-7H2,1-2H3,(H,12,13)/t9-/m0/s1. The van der Waals surface area contributed by atoms with Crippen LogP contribution in [0.4, 0.5) is 0 Å². The fraction of sp³-hybridized carbons (Fsp3) is 0.800. The van der Waals surface area contributed by atoms with E-state index in [0.717, 1.165) is 12.8 Å². The van der Waals surface area contributed by atoms with Crippen molar-refractivity contribution < 1.29 is 14.7 Å². The molecule has 0 rings (SSSR count). The number of hydrogen-bond donors (Lipinski definition) is 1. The third kappa shape index (κ3) is 6.31. The normalized spacial score (nSPS) is 12.5. The topological polar surface area (TPSA) is 54.4 Å². The first-order chi connectivity index (χ1) is 6.07. The van der Waals surface area contributed by atoms with Crippen molar-refractivity contribution >= 4 is 11.8 Å². The van der Waals surface area contributed by atoms with Gasteiger partial charge in [0.15, 0.2) is 0 Å². The number of carbonyl (C=O) groups excluding carboxylic acids is 1. The average Bonchev–Trinajstić information content (AvgIpc) is 2.03. The smallest absolute Gasteiger partial charge is 0.306 e. The molecule has 0 aromatic heterocycles. The molecule has 0 bridgehead atoms. The van der Waals surface area contributed by atoms with Gasteiger partial charge in [-0.25, -0.2) is 0 Å². The summed E-state index contributed by atoms with van der Waals surface area (Å²) >= 11 is 0. The van der Waals surface area contributed by atoms with Gasteiger partial charge in [0, 0.05) is 6.42 Å². The van der Waals surface area contributed by atoms with Crippen LogP contribution in [0.1, 0.15) is 46.0 Å². The summed E-state index contributed by atoms with van der Waals surface area (Å²) in [6, 6.07) is 0. The van der Waals surface area contributed by atoms with E-state index in [2.05, 4.69) is 0 Å². The second kappa shape index (κ2) is 6.63. The molecule has 0 unspecified atom stereocenters. The van der Waals surface area contributed by atoms with Crippen molar-refractivity contribution in [2.45, 2.75) is 46.0 Å². The van der Waals surface area contributed by atoms with Crippen LogP contribution in [0.3, 0.4) is 0 Å². The first-order valence-electron chi connectivity index (χ1n) is 4.80. The molecular formula is C10H18O3. The van der Waals surface area contributed by atoms with E-state index in [0.29, 0.717) is 19.3 Å². The predicted molar refractivity (Wildman–Crippen MR) is 50.6 cm³/mol. The number of unbranched alkanes of at least 4 members (excludes halogenated alkanes) is 1. The third-order valence-corrected chi connectivity index (χ3v) is 2.10. The molecule has 0 aromatic carbocycles. The minimum Gasteiger partial charge on any atom is -0.481 e. The molecule has 3 heteroatoms. The summed E-state index contributed by atoms with van der Waals surface area (Å²) in [4.78, 5) is 21.4. The van der Waals surface area contributed by atoms with Gasteiger partial charge in [0.1, 0.15) is 5.78 Å². The van der Waals surface area contributed by atoms with Gasteiger partial charge in [-0.05, 0) is 19.8 Å². The zero-order valence-corrected chi connectivity index (χ0v) is 8.38. The molecule has 0 saturated carbocycles. The van der Waals surface area contributed by atoms with Crippen molar-refractivity contribution in [2.24, 2.45) is 5.92 Å². The number of aliphatic carboxylic acids is 1. The van der Waals surface area contributed by atoms with Crippen molar-refractivity contribution in [3.63, 3.8) is 0 Å². The predicted octanol–water partition coefficient (Wildman–Crippen LogP) is 2.25. The lowest BCUT2D eigenvalue weighted by atomic mass is 9.96. The van der Waals surface area contributed by atoms with E-state index in [1.54, 1.807) is 0 Å². The van der Waals surface area contributed by atoms with Crippen molar-refractivity contribution in [3.05, 3.63) is 0 Å². The molecule has 0 fully saturated rings. The second-order valence-electron chi connectivity index (χ2n) is 3.42. The van der Waals surface area contributed by atoms with Gasteiger partial charge in [0.05, 0.1) is 5.92 Å². The summed E-state index contributed by atoms with van der Waals surface area (Å²) < 4.78 is 0. The van der Waals surface area contributed by atoms with Gasteiger partial charge >= 0.3 is 5.97 Å². The van der Waals surface area contributed by atoms with Crippen LogP contribution in [-0.2, 0) is 9.59 Å². The van der Waals surface area contributed by atoms with E-state index in [1.165, 1.54) is 6.92 Å². The maximum absolute atomic E-state index is 10.7. The lowest BCUT2D eigenvalue weighted by Gasteiger charge is -2.09. The fourth-order valence-corrected chi connectivity index (χ4v) is 1.22.